The molecule has 0 atom stereocenters. The van der Waals surface area contributed by atoms with E-state index < -0.39 is 5.41 Å². The Kier molecular flexibility index (Phi) is 5.96. The lowest BCUT2D eigenvalue weighted by atomic mass is 9.95. The first-order valence-corrected chi connectivity index (χ1v) is 9.43. The summed E-state index contributed by atoms with van der Waals surface area (Å²) in [7, 11) is 1.61. The van der Waals surface area contributed by atoms with Gasteiger partial charge in [-0.25, -0.2) is 0 Å². The Bertz CT molecular complexity index is 887. The number of nitrogens with one attached hydrogen (secondary N) is 1. The molecule has 2 aromatic carbocycles. The number of hydrogen-bond donors (Lipinski definition) is 1. The summed E-state index contributed by atoms with van der Waals surface area (Å²) in [5, 5.41) is 2.88. The predicted octanol–water partition coefficient (Wildman–Crippen LogP) is 3.48. The summed E-state index contributed by atoms with van der Waals surface area (Å²) in [6.45, 7) is 6.18. The second kappa shape index (κ2) is 8.43. The average molecular weight is 398 g/mol. The third-order valence-corrected chi connectivity index (χ3v) is 4.48. The van der Waals surface area contributed by atoms with Gasteiger partial charge in [0, 0.05) is 11.1 Å². The maximum atomic E-state index is 12.4. The third kappa shape index (κ3) is 4.99. The molecule has 0 saturated carbocycles. The Morgan fingerprint density at radius 2 is 1.83 bits per heavy atom. The van der Waals surface area contributed by atoms with Crippen molar-refractivity contribution in [2.75, 3.05) is 37.1 Å². The minimum Gasteiger partial charge on any atom is -0.497 e. The van der Waals surface area contributed by atoms with Gasteiger partial charge in [0.15, 0.2) is 6.61 Å². The van der Waals surface area contributed by atoms with Crippen molar-refractivity contribution in [3.8, 4) is 17.2 Å². The quantitative estimate of drug-likeness (QED) is 0.806. The summed E-state index contributed by atoms with van der Waals surface area (Å²) in [5.74, 6) is 1.78. The summed E-state index contributed by atoms with van der Waals surface area (Å²) in [4.78, 5) is 26.3. The fraction of sp³-hybridized carbons (Fsp3) is 0.364. The van der Waals surface area contributed by atoms with E-state index in [4.69, 9.17) is 14.2 Å². The lowest BCUT2D eigenvalue weighted by molar-refractivity contribution is -0.123. The van der Waals surface area contributed by atoms with Crippen LogP contribution in [-0.2, 0) is 9.59 Å². The number of carbonyl (C=O) groups excluding carboxylic acids is 2. The van der Waals surface area contributed by atoms with Crippen LogP contribution < -0.4 is 24.4 Å². The van der Waals surface area contributed by atoms with Crippen LogP contribution in [0.25, 0.3) is 0 Å². The molecule has 1 N–H and O–H groups in total. The monoisotopic (exact) mass is 398 g/mol. The van der Waals surface area contributed by atoms with Crippen molar-refractivity contribution < 1.29 is 23.8 Å². The molecule has 0 unspecified atom stereocenters. The number of amides is 2. The standard InChI is InChI=1S/C22H26N2O5/c1-22(2,3)21(26)23-15-5-10-19-18(13-15)24(20(25)14-29-19)11-12-28-17-8-6-16(27-4)7-9-17/h5-10,13H,11-12,14H2,1-4H3,(H,23,26). The molecule has 0 radical (unpaired) electrons. The normalized spacial score (nSPS) is 13.4. The summed E-state index contributed by atoms with van der Waals surface area (Å²) in [6.07, 6.45) is 0. The molecule has 154 valence electrons. The van der Waals surface area contributed by atoms with Crippen LogP contribution in [0.4, 0.5) is 11.4 Å². The highest BCUT2D eigenvalue weighted by Crippen LogP contribution is 2.35. The molecule has 7 heteroatoms. The molecule has 1 aliphatic rings. The van der Waals surface area contributed by atoms with Gasteiger partial charge in [-0.2, -0.15) is 0 Å². The molecular weight excluding hydrogens is 372 g/mol. The van der Waals surface area contributed by atoms with Crippen LogP contribution >= 0.6 is 0 Å². The SMILES string of the molecule is COc1ccc(OCCN2C(=O)COc3ccc(NC(=O)C(C)(C)C)cc32)cc1. The molecule has 1 heterocycles. The van der Waals surface area contributed by atoms with Crippen molar-refractivity contribution in [1.82, 2.24) is 0 Å². The average Bonchev–Trinajstić information content (AvgIpc) is 2.69. The Balaban J connectivity index is 1.70. The smallest absolute Gasteiger partial charge is 0.265 e. The van der Waals surface area contributed by atoms with E-state index in [-0.39, 0.29) is 18.4 Å². The minimum atomic E-state index is -0.520. The zero-order chi connectivity index (χ0) is 21.0. The number of methoxy groups -OCH3 is 1. The van der Waals surface area contributed by atoms with Crippen LogP contribution in [-0.4, -0.2) is 38.7 Å². The van der Waals surface area contributed by atoms with Crippen molar-refractivity contribution in [2.24, 2.45) is 5.41 Å². The van der Waals surface area contributed by atoms with E-state index in [1.807, 2.05) is 45.0 Å². The van der Waals surface area contributed by atoms with Gasteiger partial charge in [0.2, 0.25) is 5.91 Å². The van der Waals surface area contributed by atoms with E-state index in [0.717, 1.165) is 5.75 Å². The van der Waals surface area contributed by atoms with E-state index in [1.54, 1.807) is 30.2 Å². The molecule has 2 aromatic rings. The van der Waals surface area contributed by atoms with E-state index >= 15 is 0 Å². The Labute approximate surface area is 170 Å². The maximum Gasteiger partial charge on any atom is 0.265 e. The minimum absolute atomic E-state index is 0.0246. The van der Waals surface area contributed by atoms with Gasteiger partial charge in [-0.3, -0.25) is 9.59 Å². The topological polar surface area (TPSA) is 77.1 Å². The number of anilines is 2. The van der Waals surface area contributed by atoms with Crippen molar-refractivity contribution in [3.63, 3.8) is 0 Å². The lowest BCUT2D eigenvalue weighted by Gasteiger charge is -2.30. The molecule has 0 spiro atoms. The first kappa shape index (κ1) is 20.5. The molecule has 1 aliphatic heterocycles. The second-order valence-electron chi connectivity index (χ2n) is 7.74. The Hall–Kier alpha value is -3.22. The zero-order valence-electron chi connectivity index (χ0n) is 17.2. The molecular formula is C22H26N2O5. The molecule has 0 aliphatic carbocycles. The van der Waals surface area contributed by atoms with Gasteiger partial charge in [-0.15, -0.1) is 0 Å². The van der Waals surface area contributed by atoms with E-state index in [9.17, 15) is 9.59 Å². The molecule has 0 fully saturated rings. The highest BCUT2D eigenvalue weighted by Gasteiger charge is 2.27. The number of benzene rings is 2. The maximum absolute atomic E-state index is 12.4. The van der Waals surface area contributed by atoms with Crippen molar-refractivity contribution in [1.29, 1.82) is 0 Å². The molecule has 3 rings (SSSR count). The fourth-order valence-corrected chi connectivity index (χ4v) is 2.77. The van der Waals surface area contributed by atoms with E-state index in [0.29, 0.717) is 36.0 Å². The van der Waals surface area contributed by atoms with Crippen LogP contribution in [0.5, 0.6) is 17.2 Å². The van der Waals surface area contributed by atoms with Gasteiger partial charge >= 0.3 is 0 Å². The molecule has 7 nitrogen and oxygen atoms in total. The largest absolute Gasteiger partial charge is 0.497 e. The molecule has 0 saturated heterocycles. The number of ether oxygens (including phenoxy) is 3. The zero-order valence-corrected chi connectivity index (χ0v) is 17.2. The molecule has 2 amide bonds. The highest BCUT2D eigenvalue weighted by atomic mass is 16.5. The van der Waals surface area contributed by atoms with Crippen molar-refractivity contribution >= 4 is 23.2 Å². The van der Waals surface area contributed by atoms with Gasteiger partial charge in [-0.1, -0.05) is 20.8 Å². The lowest BCUT2D eigenvalue weighted by Crippen LogP contribution is -2.41. The van der Waals surface area contributed by atoms with Crippen molar-refractivity contribution in [2.45, 2.75) is 20.8 Å². The fourth-order valence-electron chi connectivity index (χ4n) is 2.77. The summed E-state index contributed by atoms with van der Waals surface area (Å²) in [6, 6.07) is 12.5. The van der Waals surface area contributed by atoms with Crippen LogP contribution in [0.2, 0.25) is 0 Å². The summed E-state index contributed by atoms with van der Waals surface area (Å²) in [5.41, 5.74) is 0.711. The first-order chi connectivity index (χ1) is 13.8. The van der Waals surface area contributed by atoms with Crippen LogP contribution in [0.15, 0.2) is 42.5 Å². The third-order valence-electron chi connectivity index (χ3n) is 4.48. The van der Waals surface area contributed by atoms with Gasteiger partial charge in [-0.05, 0) is 42.5 Å². The second-order valence-corrected chi connectivity index (χ2v) is 7.74. The molecule has 0 aromatic heterocycles. The van der Waals surface area contributed by atoms with Crippen molar-refractivity contribution in [3.05, 3.63) is 42.5 Å². The number of fused-ring (bicyclic) bond motifs is 1. The van der Waals surface area contributed by atoms with Gasteiger partial charge in [0.25, 0.3) is 5.91 Å². The summed E-state index contributed by atoms with van der Waals surface area (Å²) >= 11 is 0. The number of rotatable bonds is 6. The first-order valence-electron chi connectivity index (χ1n) is 9.43. The van der Waals surface area contributed by atoms with Crippen LogP contribution in [0, 0.1) is 5.41 Å². The predicted molar refractivity (Wildman–Crippen MR) is 111 cm³/mol. The Morgan fingerprint density at radius 3 is 2.48 bits per heavy atom. The number of hydrogen-bond acceptors (Lipinski definition) is 5. The van der Waals surface area contributed by atoms with Crippen LogP contribution in [0.1, 0.15) is 20.8 Å². The van der Waals surface area contributed by atoms with E-state index in [1.165, 1.54) is 0 Å². The van der Waals surface area contributed by atoms with E-state index in [2.05, 4.69) is 5.32 Å². The molecule has 0 bridgehead atoms. The summed E-state index contributed by atoms with van der Waals surface area (Å²) < 4.78 is 16.4. The van der Waals surface area contributed by atoms with Gasteiger partial charge in [0.1, 0.15) is 23.9 Å². The van der Waals surface area contributed by atoms with Gasteiger partial charge in [0.05, 0.1) is 19.3 Å². The Morgan fingerprint density at radius 1 is 1.14 bits per heavy atom. The van der Waals surface area contributed by atoms with Crippen LogP contribution in [0.3, 0.4) is 0 Å². The number of nitrogens with zero attached hydrogens (tertiary/aromatic N) is 1. The highest BCUT2D eigenvalue weighted by molar-refractivity contribution is 6.00. The number of carbonyl (C=O) groups is 2. The molecule has 29 heavy (non-hydrogen) atoms. The van der Waals surface area contributed by atoms with Gasteiger partial charge < -0.3 is 24.4 Å².